The van der Waals surface area contributed by atoms with E-state index < -0.39 is 17.2 Å². The Hall–Kier alpha value is -2.17. The van der Waals surface area contributed by atoms with E-state index in [9.17, 15) is 13.2 Å². The third-order valence-corrected chi connectivity index (χ3v) is 5.55. The molecular formula is C21H22F3NO. The molecule has 0 bridgehead atoms. The van der Waals surface area contributed by atoms with Crippen LogP contribution >= 0.6 is 0 Å². The fourth-order valence-electron chi connectivity index (χ4n) is 4.24. The number of anilines is 1. The van der Waals surface area contributed by atoms with E-state index in [4.69, 9.17) is 4.74 Å². The summed E-state index contributed by atoms with van der Waals surface area (Å²) in [6.45, 7) is 4.15. The van der Waals surface area contributed by atoms with Gasteiger partial charge in [-0.05, 0) is 36.2 Å². The molecule has 1 spiro atoms. The lowest BCUT2D eigenvalue weighted by Gasteiger charge is -2.25. The molecule has 138 valence electrons. The third-order valence-electron chi connectivity index (χ3n) is 5.55. The van der Waals surface area contributed by atoms with Crippen LogP contribution in [0, 0.1) is 0 Å². The number of halogens is 3. The lowest BCUT2D eigenvalue weighted by Crippen LogP contribution is -2.36. The van der Waals surface area contributed by atoms with Crippen molar-refractivity contribution in [2.45, 2.75) is 37.8 Å². The molecule has 1 atom stereocenters. The smallest absolute Gasteiger partial charge is 0.416 e. The van der Waals surface area contributed by atoms with E-state index in [1.165, 1.54) is 12.1 Å². The van der Waals surface area contributed by atoms with Crippen molar-refractivity contribution >= 4 is 5.69 Å². The number of nitrogens with zero attached hydrogens (tertiary/aromatic N) is 1. The molecule has 2 aliphatic heterocycles. The SMILES string of the molecule is CCCCCN1CC2(COc3ccc(C(F)(F)F)cc32)c2ccccc21. The minimum absolute atomic E-state index is 0.394. The summed E-state index contributed by atoms with van der Waals surface area (Å²) in [4.78, 5) is 2.31. The average Bonchev–Trinajstić information content (AvgIpc) is 3.15. The van der Waals surface area contributed by atoms with Crippen molar-refractivity contribution in [2.75, 3.05) is 24.6 Å². The summed E-state index contributed by atoms with van der Waals surface area (Å²) < 4.78 is 45.6. The van der Waals surface area contributed by atoms with E-state index in [1.54, 1.807) is 0 Å². The molecule has 0 fully saturated rings. The van der Waals surface area contributed by atoms with Gasteiger partial charge in [0.05, 0.1) is 11.0 Å². The molecule has 0 amide bonds. The zero-order valence-electron chi connectivity index (χ0n) is 14.8. The molecule has 0 aromatic heterocycles. The Kier molecular flexibility index (Phi) is 4.13. The highest BCUT2D eigenvalue weighted by molar-refractivity contribution is 5.69. The van der Waals surface area contributed by atoms with Gasteiger partial charge in [-0.25, -0.2) is 0 Å². The van der Waals surface area contributed by atoms with E-state index in [2.05, 4.69) is 17.9 Å². The number of benzene rings is 2. The molecule has 2 aromatic rings. The zero-order valence-corrected chi connectivity index (χ0v) is 14.8. The van der Waals surface area contributed by atoms with Crippen LogP contribution in [0.25, 0.3) is 0 Å². The monoisotopic (exact) mass is 361 g/mol. The number of fused-ring (bicyclic) bond motifs is 4. The number of para-hydroxylation sites is 1. The van der Waals surface area contributed by atoms with Crippen LogP contribution in [0.15, 0.2) is 42.5 Å². The molecule has 0 saturated heterocycles. The third kappa shape index (κ3) is 2.65. The van der Waals surface area contributed by atoms with Crippen LogP contribution in [0.1, 0.15) is 42.9 Å². The van der Waals surface area contributed by atoms with Crippen molar-refractivity contribution in [3.8, 4) is 5.75 Å². The summed E-state index contributed by atoms with van der Waals surface area (Å²) in [5.74, 6) is 0.572. The van der Waals surface area contributed by atoms with Crippen LogP contribution < -0.4 is 9.64 Å². The standard InChI is InChI=1S/C21H22F3NO/c1-2-3-6-11-25-13-20(16-7-4-5-8-18(16)25)14-26-19-10-9-15(12-17(19)20)21(22,23)24/h4-5,7-10,12H,2-3,6,11,13-14H2,1H3. The van der Waals surface area contributed by atoms with Crippen LogP contribution in [-0.4, -0.2) is 19.7 Å². The molecule has 2 nitrogen and oxygen atoms in total. The largest absolute Gasteiger partial charge is 0.492 e. The summed E-state index contributed by atoms with van der Waals surface area (Å²) in [6, 6.07) is 11.9. The molecular weight excluding hydrogens is 339 g/mol. The first-order chi connectivity index (χ1) is 12.5. The molecule has 2 heterocycles. The Labute approximate surface area is 151 Å². The molecule has 26 heavy (non-hydrogen) atoms. The first-order valence-corrected chi connectivity index (χ1v) is 9.15. The predicted molar refractivity (Wildman–Crippen MR) is 95.9 cm³/mol. The molecule has 1 unspecified atom stereocenters. The van der Waals surface area contributed by atoms with Crippen molar-refractivity contribution in [1.29, 1.82) is 0 Å². The predicted octanol–water partition coefficient (Wildman–Crippen LogP) is 5.39. The zero-order chi connectivity index (χ0) is 18.4. The average molecular weight is 361 g/mol. The minimum Gasteiger partial charge on any atom is -0.492 e. The summed E-state index contributed by atoms with van der Waals surface area (Å²) in [6.07, 6.45) is -0.979. The highest BCUT2D eigenvalue weighted by Gasteiger charge is 2.50. The van der Waals surface area contributed by atoms with Gasteiger partial charge in [-0.1, -0.05) is 38.0 Å². The second-order valence-corrected chi connectivity index (χ2v) is 7.23. The maximum Gasteiger partial charge on any atom is 0.416 e. The quantitative estimate of drug-likeness (QED) is 0.677. The summed E-state index contributed by atoms with van der Waals surface area (Å²) >= 11 is 0. The molecule has 2 aromatic carbocycles. The second-order valence-electron chi connectivity index (χ2n) is 7.23. The Morgan fingerprint density at radius 3 is 2.65 bits per heavy atom. The van der Waals surface area contributed by atoms with Gasteiger partial charge in [0.25, 0.3) is 0 Å². The summed E-state index contributed by atoms with van der Waals surface area (Å²) in [5, 5.41) is 0. The fraction of sp³-hybridized carbons (Fsp3) is 0.429. The molecule has 4 rings (SSSR count). The molecule has 5 heteroatoms. The van der Waals surface area contributed by atoms with Crippen LogP contribution in [0.4, 0.5) is 18.9 Å². The maximum absolute atomic E-state index is 13.3. The Morgan fingerprint density at radius 2 is 1.88 bits per heavy atom. The van der Waals surface area contributed by atoms with Crippen LogP contribution in [0.5, 0.6) is 5.75 Å². The number of alkyl halides is 3. The highest BCUT2D eigenvalue weighted by atomic mass is 19.4. The van der Waals surface area contributed by atoms with Crippen LogP contribution in [0.3, 0.4) is 0 Å². The number of ether oxygens (including phenoxy) is 1. The van der Waals surface area contributed by atoms with Gasteiger partial charge in [0.2, 0.25) is 0 Å². The van der Waals surface area contributed by atoms with Gasteiger partial charge in [-0.15, -0.1) is 0 Å². The van der Waals surface area contributed by atoms with E-state index in [-0.39, 0.29) is 0 Å². The number of unbranched alkanes of at least 4 members (excludes halogenated alkanes) is 2. The Balaban J connectivity index is 1.77. The van der Waals surface area contributed by atoms with E-state index in [1.807, 2.05) is 18.2 Å². The minimum atomic E-state index is -4.35. The van der Waals surface area contributed by atoms with Crippen molar-refractivity contribution in [3.63, 3.8) is 0 Å². The molecule has 0 aliphatic carbocycles. The lowest BCUT2D eigenvalue weighted by molar-refractivity contribution is -0.137. The lowest BCUT2D eigenvalue weighted by atomic mass is 9.77. The summed E-state index contributed by atoms with van der Waals surface area (Å²) in [7, 11) is 0. The second kappa shape index (κ2) is 6.22. The van der Waals surface area contributed by atoms with E-state index >= 15 is 0 Å². The van der Waals surface area contributed by atoms with E-state index in [0.717, 1.165) is 43.1 Å². The van der Waals surface area contributed by atoms with Crippen molar-refractivity contribution in [3.05, 3.63) is 59.2 Å². The van der Waals surface area contributed by atoms with Gasteiger partial charge < -0.3 is 9.64 Å². The number of hydrogen-bond acceptors (Lipinski definition) is 2. The van der Waals surface area contributed by atoms with Crippen molar-refractivity contribution in [2.24, 2.45) is 0 Å². The number of rotatable bonds is 4. The van der Waals surface area contributed by atoms with Crippen molar-refractivity contribution in [1.82, 2.24) is 0 Å². The van der Waals surface area contributed by atoms with Gasteiger partial charge in [0.15, 0.2) is 0 Å². The highest BCUT2D eigenvalue weighted by Crippen LogP contribution is 2.52. The van der Waals surface area contributed by atoms with Crippen LogP contribution in [-0.2, 0) is 11.6 Å². The maximum atomic E-state index is 13.3. The van der Waals surface area contributed by atoms with Crippen LogP contribution in [0.2, 0.25) is 0 Å². The van der Waals surface area contributed by atoms with E-state index in [0.29, 0.717) is 24.5 Å². The summed E-state index contributed by atoms with van der Waals surface area (Å²) in [5.41, 5.74) is 1.74. The fourth-order valence-corrected chi connectivity index (χ4v) is 4.24. The molecule has 0 radical (unpaired) electrons. The molecule has 0 N–H and O–H groups in total. The normalized spacial score (nSPS) is 21.0. The Morgan fingerprint density at radius 1 is 1.08 bits per heavy atom. The van der Waals surface area contributed by atoms with Gasteiger partial charge in [-0.2, -0.15) is 13.2 Å². The first-order valence-electron chi connectivity index (χ1n) is 9.15. The topological polar surface area (TPSA) is 12.5 Å². The van der Waals surface area contributed by atoms with Gasteiger partial charge >= 0.3 is 6.18 Å². The van der Waals surface area contributed by atoms with Gasteiger partial charge in [-0.3, -0.25) is 0 Å². The number of hydrogen-bond donors (Lipinski definition) is 0. The van der Waals surface area contributed by atoms with Gasteiger partial charge in [0, 0.05) is 24.3 Å². The van der Waals surface area contributed by atoms with Crippen molar-refractivity contribution < 1.29 is 17.9 Å². The Bertz CT molecular complexity index is 817. The first kappa shape index (κ1) is 17.3. The van der Waals surface area contributed by atoms with Gasteiger partial charge in [0.1, 0.15) is 12.4 Å². The molecule has 0 saturated carbocycles. The molecule has 2 aliphatic rings.